The van der Waals surface area contributed by atoms with Gasteiger partial charge in [0.1, 0.15) is 0 Å². The molecule has 0 saturated carbocycles. The third kappa shape index (κ3) is 6.91. The van der Waals surface area contributed by atoms with Crippen molar-refractivity contribution in [2.24, 2.45) is 0 Å². The number of nitrogens with zero attached hydrogens (tertiary/aromatic N) is 1. The second-order valence-corrected chi connectivity index (χ2v) is 9.23. The Hall–Kier alpha value is -2.26. The molecule has 1 saturated heterocycles. The maximum Gasteiger partial charge on any atom is 0.251 e. The lowest BCUT2D eigenvalue weighted by Gasteiger charge is -2.35. The summed E-state index contributed by atoms with van der Waals surface area (Å²) in [5, 5.41) is 3.06. The molecule has 30 heavy (non-hydrogen) atoms. The highest BCUT2D eigenvalue weighted by atomic mass is 32.2. The zero-order valence-electron chi connectivity index (χ0n) is 17.2. The fourth-order valence-electron chi connectivity index (χ4n) is 3.52. The van der Waals surface area contributed by atoms with E-state index in [2.05, 4.69) is 27.1 Å². The van der Waals surface area contributed by atoms with Crippen molar-refractivity contribution in [1.29, 1.82) is 0 Å². The van der Waals surface area contributed by atoms with Gasteiger partial charge in [0.05, 0.1) is 25.5 Å². The number of nitrogens with one attached hydrogen (secondary N) is 2. The van der Waals surface area contributed by atoms with Crippen molar-refractivity contribution in [2.75, 3.05) is 45.6 Å². The summed E-state index contributed by atoms with van der Waals surface area (Å²) in [5.74, 6) is -0.120. The summed E-state index contributed by atoms with van der Waals surface area (Å²) in [6.45, 7) is 3.93. The average molecular weight is 432 g/mol. The van der Waals surface area contributed by atoms with Crippen LogP contribution in [0.1, 0.15) is 27.5 Å². The van der Waals surface area contributed by atoms with Gasteiger partial charge in [0.25, 0.3) is 5.91 Å². The minimum Gasteiger partial charge on any atom is -0.379 e. The largest absolute Gasteiger partial charge is 0.379 e. The number of sulfonamides is 1. The molecule has 1 atom stereocenters. The van der Waals surface area contributed by atoms with E-state index in [1.54, 1.807) is 12.1 Å². The van der Waals surface area contributed by atoms with Gasteiger partial charge in [-0.25, -0.2) is 13.1 Å². The van der Waals surface area contributed by atoms with Gasteiger partial charge in [-0.05, 0) is 29.7 Å². The van der Waals surface area contributed by atoms with Crippen molar-refractivity contribution in [3.05, 3.63) is 71.3 Å². The van der Waals surface area contributed by atoms with Gasteiger partial charge in [0.2, 0.25) is 10.0 Å². The maximum absolute atomic E-state index is 12.7. The van der Waals surface area contributed by atoms with Crippen molar-refractivity contribution in [1.82, 2.24) is 14.9 Å². The summed E-state index contributed by atoms with van der Waals surface area (Å²) in [7, 11) is -3.19. The van der Waals surface area contributed by atoms with Crippen LogP contribution in [0.5, 0.6) is 0 Å². The molecule has 0 spiro atoms. The van der Waals surface area contributed by atoms with Crippen LogP contribution in [-0.4, -0.2) is 64.9 Å². The summed E-state index contributed by atoms with van der Waals surface area (Å²) >= 11 is 0. The van der Waals surface area contributed by atoms with Gasteiger partial charge >= 0.3 is 0 Å². The first-order valence-corrected chi connectivity index (χ1v) is 12.0. The average Bonchev–Trinajstić information content (AvgIpc) is 2.75. The molecule has 1 unspecified atom stereocenters. The number of hydrogen-bond donors (Lipinski definition) is 2. The Kier molecular flexibility index (Phi) is 7.98. The molecule has 0 radical (unpaired) electrons. The fraction of sp³-hybridized carbons (Fsp3) is 0.409. The standard InChI is InChI=1S/C22H29N3O4S/c1-30(27,28)24-12-11-18-7-9-20(10-8-18)22(26)23-17-21(19-5-3-2-4-6-19)25-13-15-29-16-14-25/h2-10,21,24H,11-17H2,1H3,(H,23,26). The van der Waals surface area contributed by atoms with Gasteiger partial charge in [-0.3, -0.25) is 9.69 Å². The van der Waals surface area contributed by atoms with Crippen molar-refractivity contribution in [3.8, 4) is 0 Å². The molecule has 8 heteroatoms. The molecule has 0 aliphatic carbocycles. The first-order chi connectivity index (χ1) is 14.4. The minimum absolute atomic E-state index is 0.0976. The molecular weight excluding hydrogens is 402 g/mol. The normalized spacial score (nSPS) is 16.2. The van der Waals surface area contributed by atoms with Crippen LogP contribution in [0.25, 0.3) is 0 Å². The third-order valence-electron chi connectivity index (χ3n) is 5.12. The lowest BCUT2D eigenvalue weighted by Crippen LogP contribution is -2.43. The van der Waals surface area contributed by atoms with Gasteiger partial charge in [0.15, 0.2) is 0 Å². The first-order valence-electron chi connectivity index (χ1n) is 10.1. The summed E-state index contributed by atoms with van der Waals surface area (Å²) in [4.78, 5) is 15.0. The van der Waals surface area contributed by atoms with Gasteiger partial charge in [-0.1, -0.05) is 42.5 Å². The molecule has 1 aliphatic heterocycles. The van der Waals surface area contributed by atoms with Crippen LogP contribution in [-0.2, 0) is 21.2 Å². The molecule has 7 nitrogen and oxygen atoms in total. The number of carbonyl (C=O) groups excluding carboxylic acids is 1. The lowest BCUT2D eigenvalue weighted by atomic mass is 10.0. The van der Waals surface area contributed by atoms with Crippen molar-refractivity contribution < 1.29 is 17.9 Å². The predicted molar refractivity (Wildman–Crippen MR) is 117 cm³/mol. The summed E-state index contributed by atoms with van der Waals surface area (Å²) < 4.78 is 30.2. The van der Waals surface area contributed by atoms with Crippen LogP contribution in [0, 0.1) is 0 Å². The van der Waals surface area contributed by atoms with Gasteiger partial charge in [-0.15, -0.1) is 0 Å². The molecule has 0 bridgehead atoms. The summed E-state index contributed by atoms with van der Waals surface area (Å²) in [5.41, 5.74) is 2.73. The van der Waals surface area contributed by atoms with Crippen LogP contribution in [0.15, 0.2) is 54.6 Å². The van der Waals surface area contributed by atoms with Gasteiger partial charge < -0.3 is 10.1 Å². The Labute approximate surface area is 178 Å². The Morgan fingerprint density at radius 2 is 1.73 bits per heavy atom. The smallest absolute Gasteiger partial charge is 0.251 e. The number of benzene rings is 2. The number of rotatable bonds is 9. The van der Waals surface area contributed by atoms with Crippen LogP contribution in [0.4, 0.5) is 0 Å². The van der Waals surface area contributed by atoms with E-state index in [1.165, 1.54) is 5.56 Å². The number of amides is 1. The second kappa shape index (κ2) is 10.7. The van der Waals surface area contributed by atoms with E-state index < -0.39 is 10.0 Å². The van der Waals surface area contributed by atoms with Crippen molar-refractivity contribution >= 4 is 15.9 Å². The number of ether oxygens (including phenoxy) is 1. The lowest BCUT2D eigenvalue weighted by molar-refractivity contribution is 0.0162. The first kappa shape index (κ1) is 22.4. The molecule has 2 N–H and O–H groups in total. The molecule has 1 fully saturated rings. The Bertz CT molecular complexity index is 911. The van der Waals surface area contributed by atoms with E-state index in [0.717, 1.165) is 24.9 Å². The van der Waals surface area contributed by atoms with Crippen LogP contribution < -0.4 is 10.0 Å². The quantitative estimate of drug-likeness (QED) is 0.630. The monoisotopic (exact) mass is 431 g/mol. The zero-order valence-corrected chi connectivity index (χ0v) is 18.0. The van der Waals surface area contributed by atoms with E-state index in [0.29, 0.717) is 38.3 Å². The molecule has 2 aromatic rings. The minimum atomic E-state index is -3.19. The van der Waals surface area contributed by atoms with Gasteiger partial charge in [0, 0.05) is 31.7 Å². The van der Waals surface area contributed by atoms with Crippen LogP contribution >= 0.6 is 0 Å². The second-order valence-electron chi connectivity index (χ2n) is 7.40. The van der Waals surface area contributed by atoms with Gasteiger partial charge in [-0.2, -0.15) is 0 Å². The molecule has 0 aromatic heterocycles. The highest BCUT2D eigenvalue weighted by Crippen LogP contribution is 2.21. The SMILES string of the molecule is CS(=O)(=O)NCCc1ccc(C(=O)NCC(c2ccccc2)N2CCOCC2)cc1. The Morgan fingerprint density at radius 1 is 1.07 bits per heavy atom. The van der Waals surface area contributed by atoms with E-state index in [9.17, 15) is 13.2 Å². The highest BCUT2D eigenvalue weighted by Gasteiger charge is 2.23. The zero-order chi connectivity index (χ0) is 21.4. The molecule has 1 amide bonds. The third-order valence-corrected chi connectivity index (χ3v) is 5.85. The predicted octanol–water partition coefficient (Wildman–Crippen LogP) is 1.58. The maximum atomic E-state index is 12.7. The molecule has 1 heterocycles. The summed E-state index contributed by atoms with van der Waals surface area (Å²) in [6.07, 6.45) is 1.71. The number of carbonyl (C=O) groups is 1. The van der Waals surface area contributed by atoms with E-state index in [4.69, 9.17) is 4.74 Å². The number of hydrogen-bond acceptors (Lipinski definition) is 5. The topological polar surface area (TPSA) is 87.7 Å². The van der Waals surface area contributed by atoms with E-state index >= 15 is 0 Å². The molecule has 1 aliphatic rings. The fourth-order valence-corrected chi connectivity index (χ4v) is 3.99. The van der Waals surface area contributed by atoms with E-state index in [1.807, 2.05) is 30.3 Å². The Balaban J connectivity index is 1.58. The molecule has 3 rings (SSSR count). The summed E-state index contributed by atoms with van der Waals surface area (Å²) in [6, 6.07) is 17.6. The van der Waals surface area contributed by atoms with Crippen LogP contribution in [0.3, 0.4) is 0 Å². The van der Waals surface area contributed by atoms with Crippen molar-refractivity contribution in [3.63, 3.8) is 0 Å². The number of morpholine rings is 1. The van der Waals surface area contributed by atoms with Crippen molar-refractivity contribution in [2.45, 2.75) is 12.5 Å². The Morgan fingerprint density at radius 3 is 2.37 bits per heavy atom. The van der Waals surface area contributed by atoms with Crippen LogP contribution in [0.2, 0.25) is 0 Å². The molecular formula is C22H29N3O4S. The molecule has 2 aromatic carbocycles. The molecule has 162 valence electrons. The highest BCUT2D eigenvalue weighted by molar-refractivity contribution is 7.88. The van der Waals surface area contributed by atoms with E-state index in [-0.39, 0.29) is 11.9 Å².